The molecule has 4 rings (SSSR count). The Bertz CT molecular complexity index is 1250. The lowest BCUT2D eigenvalue weighted by molar-refractivity contribution is -0.284. The van der Waals surface area contributed by atoms with Gasteiger partial charge in [0.1, 0.15) is 23.2 Å². The zero-order chi connectivity index (χ0) is 23.6. The van der Waals surface area contributed by atoms with Gasteiger partial charge in [0.25, 0.3) is 0 Å². The molecule has 7 nitrogen and oxygen atoms in total. The second-order valence-corrected chi connectivity index (χ2v) is 8.35. The van der Waals surface area contributed by atoms with Crippen molar-refractivity contribution in [3.05, 3.63) is 34.7 Å². The van der Waals surface area contributed by atoms with E-state index in [1.54, 1.807) is 13.8 Å². The van der Waals surface area contributed by atoms with Gasteiger partial charge in [-0.2, -0.15) is 22.0 Å². The number of aryl methyl sites for hydroxylation is 1. The van der Waals surface area contributed by atoms with Crippen molar-refractivity contribution in [3.63, 3.8) is 0 Å². The molecule has 0 unspecified atom stereocenters. The quantitative estimate of drug-likeness (QED) is 0.547. The molecule has 0 aromatic carbocycles. The van der Waals surface area contributed by atoms with Crippen LogP contribution in [-0.2, 0) is 16.6 Å². The number of fused-ring (bicyclic) bond motifs is 2. The van der Waals surface area contributed by atoms with Crippen molar-refractivity contribution in [2.45, 2.75) is 44.2 Å². The highest BCUT2D eigenvalue weighted by Crippen LogP contribution is 2.41. The van der Waals surface area contributed by atoms with E-state index in [1.807, 2.05) is 0 Å². The lowest BCUT2D eigenvalue weighted by Crippen LogP contribution is -2.36. The lowest BCUT2D eigenvalue weighted by atomic mass is 9.87. The van der Waals surface area contributed by atoms with E-state index in [0.717, 1.165) is 0 Å². The fourth-order valence-electron chi connectivity index (χ4n) is 3.54. The molecule has 1 amide bonds. The van der Waals surface area contributed by atoms with Crippen LogP contribution in [0.5, 0.6) is 0 Å². The minimum absolute atomic E-state index is 0.0205. The number of nitrogens with two attached hydrogens (primary N) is 1. The number of nitrogens with one attached hydrogen (secondary N) is 1. The third-order valence-corrected chi connectivity index (χ3v) is 5.55. The zero-order valence-electron chi connectivity index (χ0n) is 16.7. The van der Waals surface area contributed by atoms with Gasteiger partial charge in [-0.1, -0.05) is 11.6 Å². The fraction of sp³-hybridized carbons (Fsp3) is 0.368. The first-order valence-electron chi connectivity index (χ1n) is 9.33. The number of alkyl halides is 5. The zero-order valence-corrected chi connectivity index (χ0v) is 17.4. The summed E-state index contributed by atoms with van der Waals surface area (Å²) in [7, 11) is 0. The van der Waals surface area contributed by atoms with Crippen molar-refractivity contribution in [1.82, 2.24) is 19.4 Å². The van der Waals surface area contributed by atoms with Crippen LogP contribution in [-0.4, -0.2) is 37.4 Å². The number of nitrogen functional groups attached to an aromatic ring is 1. The van der Waals surface area contributed by atoms with E-state index in [-0.39, 0.29) is 39.9 Å². The normalized spacial score (nSPS) is 15.8. The van der Waals surface area contributed by atoms with Crippen molar-refractivity contribution in [3.8, 4) is 11.5 Å². The molecular weight excluding hydrogens is 459 g/mol. The molecule has 3 aromatic heterocycles. The highest BCUT2D eigenvalue weighted by molar-refractivity contribution is 6.30. The van der Waals surface area contributed by atoms with Crippen molar-refractivity contribution in [2.75, 3.05) is 11.1 Å². The maximum absolute atomic E-state index is 13.5. The Labute approximate surface area is 182 Å². The van der Waals surface area contributed by atoms with Gasteiger partial charge in [-0.15, -0.1) is 0 Å². The van der Waals surface area contributed by atoms with Crippen molar-refractivity contribution >= 4 is 34.7 Å². The average molecular weight is 475 g/mol. The largest absolute Gasteiger partial charge is 0.453 e. The number of aromatic nitrogens is 4. The molecule has 0 atom stereocenters. The number of pyridine rings is 1. The molecule has 1 aliphatic heterocycles. The van der Waals surface area contributed by atoms with Crippen molar-refractivity contribution < 1.29 is 26.7 Å². The molecule has 0 saturated heterocycles. The number of nitrogens with zero attached hydrogens (tertiary/aromatic N) is 4. The number of hydrogen-bond acceptors (Lipinski definition) is 5. The molecule has 3 aromatic rings. The number of halogens is 6. The van der Waals surface area contributed by atoms with Gasteiger partial charge >= 0.3 is 12.1 Å². The lowest BCUT2D eigenvalue weighted by Gasteiger charge is -2.18. The number of amides is 1. The third-order valence-electron chi connectivity index (χ3n) is 5.32. The van der Waals surface area contributed by atoms with Crippen LogP contribution in [0.4, 0.5) is 33.6 Å². The highest BCUT2D eigenvalue weighted by atomic mass is 35.5. The third kappa shape index (κ3) is 3.42. The van der Waals surface area contributed by atoms with E-state index in [0.29, 0.717) is 11.1 Å². The predicted octanol–water partition coefficient (Wildman–Crippen LogP) is 4.39. The van der Waals surface area contributed by atoms with Crippen LogP contribution in [0.25, 0.3) is 17.0 Å². The van der Waals surface area contributed by atoms with E-state index in [1.165, 1.54) is 22.7 Å². The van der Waals surface area contributed by atoms with Crippen LogP contribution < -0.4 is 11.1 Å². The maximum Gasteiger partial charge on any atom is 0.453 e. The second kappa shape index (κ2) is 6.99. The first-order chi connectivity index (χ1) is 14.7. The molecule has 0 radical (unpaired) electrons. The summed E-state index contributed by atoms with van der Waals surface area (Å²) in [6, 6.07) is 3.00. The topological polar surface area (TPSA) is 98.2 Å². The molecule has 4 heterocycles. The van der Waals surface area contributed by atoms with Gasteiger partial charge in [0.05, 0.1) is 21.5 Å². The van der Waals surface area contributed by atoms with Crippen LogP contribution in [0.2, 0.25) is 5.02 Å². The Balaban J connectivity index is 1.81. The molecular formula is C19H16ClF5N6O. The Morgan fingerprint density at radius 1 is 1.16 bits per heavy atom. The Morgan fingerprint density at radius 3 is 2.50 bits per heavy atom. The maximum atomic E-state index is 13.5. The van der Waals surface area contributed by atoms with E-state index < -0.39 is 30.4 Å². The van der Waals surface area contributed by atoms with E-state index in [9.17, 15) is 26.7 Å². The summed E-state index contributed by atoms with van der Waals surface area (Å²) < 4.78 is 66.0. The van der Waals surface area contributed by atoms with Crippen molar-refractivity contribution in [2.24, 2.45) is 0 Å². The van der Waals surface area contributed by atoms with Crippen LogP contribution in [0.15, 0.2) is 18.3 Å². The summed E-state index contributed by atoms with van der Waals surface area (Å²) in [6.07, 6.45) is -6.53. The van der Waals surface area contributed by atoms with Gasteiger partial charge < -0.3 is 15.5 Å². The number of carbonyl (C=O) groups is 1. The summed E-state index contributed by atoms with van der Waals surface area (Å²) in [4.78, 5) is 25.0. The number of anilines is 2. The smallest absolute Gasteiger partial charge is 0.383 e. The van der Waals surface area contributed by atoms with Gasteiger partial charge in [-0.3, -0.25) is 4.79 Å². The monoisotopic (exact) mass is 474 g/mol. The predicted molar refractivity (Wildman–Crippen MR) is 107 cm³/mol. The Hall–Kier alpha value is -3.02. The molecule has 0 bridgehead atoms. The molecule has 13 heteroatoms. The van der Waals surface area contributed by atoms with E-state index in [2.05, 4.69) is 20.3 Å². The van der Waals surface area contributed by atoms with E-state index in [4.69, 9.17) is 17.3 Å². The Morgan fingerprint density at radius 2 is 1.84 bits per heavy atom. The van der Waals surface area contributed by atoms with Crippen LogP contribution in [0.1, 0.15) is 31.7 Å². The van der Waals surface area contributed by atoms with Gasteiger partial charge in [-0.05, 0) is 26.0 Å². The molecule has 0 fully saturated rings. The summed E-state index contributed by atoms with van der Waals surface area (Å²) in [5.74, 6) is -5.12. The SMILES string of the molecule is CC1(C)C(=O)Nc2nc(-c3nc(CCC(F)(F)C(F)(F)F)n4cc(Cl)ccc34)nc(N)c21. The number of carbonyl (C=O) groups excluding carboxylic acids is 1. The van der Waals surface area contributed by atoms with E-state index >= 15 is 0 Å². The summed E-state index contributed by atoms with van der Waals surface area (Å²) in [5, 5.41) is 2.83. The minimum Gasteiger partial charge on any atom is -0.383 e. The molecule has 170 valence electrons. The molecule has 3 N–H and O–H groups in total. The number of hydrogen-bond donors (Lipinski definition) is 2. The number of imidazole rings is 1. The van der Waals surface area contributed by atoms with Crippen LogP contribution >= 0.6 is 11.6 Å². The van der Waals surface area contributed by atoms with Gasteiger partial charge in [0.15, 0.2) is 5.82 Å². The minimum atomic E-state index is -5.68. The first kappa shape index (κ1) is 22.2. The summed E-state index contributed by atoms with van der Waals surface area (Å²) in [5.41, 5.74) is 5.93. The standard InChI is InChI=1S/C19H16ClF5N6O/c1-17(2)11-13(26)28-15(29-14(11)30-16(17)32)12-9-4-3-8(20)7-31(9)10(27-12)5-6-18(21,22)19(23,24)25/h3-4,7H,5-6H2,1-2H3,(H3,26,28,29,30,32). The van der Waals surface area contributed by atoms with Gasteiger partial charge in [0, 0.05) is 19.0 Å². The van der Waals surface area contributed by atoms with Crippen LogP contribution in [0, 0.1) is 0 Å². The molecule has 0 aliphatic carbocycles. The first-order valence-corrected chi connectivity index (χ1v) is 9.71. The molecule has 32 heavy (non-hydrogen) atoms. The summed E-state index contributed by atoms with van der Waals surface area (Å²) >= 11 is 5.98. The van der Waals surface area contributed by atoms with Gasteiger partial charge in [-0.25, -0.2) is 15.0 Å². The Kier molecular flexibility index (Phi) is 4.85. The molecule has 1 aliphatic rings. The highest BCUT2D eigenvalue weighted by Gasteiger charge is 2.56. The second-order valence-electron chi connectivity index (χ2n) is 7.92. The van der Waals surface area contributed by atoms with Gasteiger partial charge in [0.2, 0.25) is 5.91 Å². The molecule has 0 spiro atoms. The number of rotatable bonds is 4. The molecule has 0 saturated carbocycles. The van der Waals surface area contributed by atoms with Crippen LogP contribution in [0.3, 0.4) is 0 Å². The van der Waals surface area contributed by atoms with Crippen molar-refractivity contribution in [1.29, 1.82) is 0 Å². The fourth-order valence-corrected chi connectivity index (χ4v) is 3.70. The summed E-state index contributed by atoms with van der Waals surface area (Å²) in [6.45, 7) is 3.31. The average Bonchev–Trinajstić information content (AvgIpc) is 3.13.